The summed E-state index contributed by atoms with van der Waals surface area (Å²) in [5, 5.41) is 0. The van der Waals surface area contributed by atoms with Gasteiger partial charge in [0.2, 0.25) is 10.0 Å². The lowest BCUT2D eigenvalue weighted by Gasteiger charge is -2.07. The number of rotatable bonds is 5. The van der Waals surface area contributed by atoms with Crippen LogP contribution in [0.4, 0.5) is 5.69 Å². The molecule has 0 amide bonds. The second-order valence-corrected chi connectivity index (χ2v) is 5.60. The summed E-state index contributed by atoms with van der Waals surface area (Å²) in [7, 11) is -3.25. The van der Waals surface area contributed by atoms with Crippen molar-refractivity contribution in [3.8, 4) is 0 Å². The molecule has 1 rings (SSSR count). The Kier molecular flexibility index (Phi) is 4.06. The van der Waals surface area contributed by atoms with Crippen molar-refractivity contribution in [2.45, 2.75) is 20.3 Å². The highest BCUT2D eigenvalue weighted by Gasteiger charge is 2.07. The maximum absolute atomic E-state index is 11.3. The summed E-state index contributed by atoms with van der Waals surface area (Å²) in [5.74, 6) is 0.0831. The Bertz CT molecular complexity index is 480. The van der Waals surface area contributed by atoms with Gasteiger partial charge in [0.05, 0.1) is 5.75 Å². The van der Waals surface area contributed by atoms with Gasteiger partial charge in [0, 0.05) is 12.1 Å². The highest BCUT2D eigenvalue weighted by atomic mass is 32.2. The van der Waals surface area contributed by atoms with Crippen LogP contribution in [0.3, 0.4) is 0 Å². The molecule has 0 bridgehead atoms. The smallest absolute Gasteiger partial charge is 0.232 e. The van der Waals surface area contributed by atoms with Gasteiger partial charge in [0.15, 0.2) is 0 Å². The molecule has 1 aromatic carbocycles. The van der Waals surface area contributed by atoms with Crippen molar-refractivity contribution in [3.05, 3.63) is 29.8 Å². The molecule has 1 N–H and O–H groups in total. The highest BCUT2D eigenvalue weighted by Crippen LogP contribution is 2.13. The molecule has 4 nitrogen and oxygen atoms in total. The van der Waals surface area contributed by atoms with E-state index in [2.05, 4.69) is 4.72 Å². The number of ketones is 1. The van der Waals surface area contributed by atoms with Crippen molar-refractivity contribution in [1.29, 1.82) is 0 Å². The number of benzene rings is 1. The number of hydrogen-bond donors (Lipinski definition) is 1. The van der Waals surface area contributed by atoms with E-state index in [0.29, 0.717) is 12.1 Å². The van der Waals surface area contributed by atoms with E-state index in [-0.39, 0.29) is 11.5 Å². The van der Waals surface area contributed by atoms with E-state index in [4.69, 9.17) is 0 Å². The number of Topliss-reactive ketones (excluding diaryl/α,β-unsaturated/α-hetero) is 1. The molecule has 0 heterocycles. The molecular formula is C11H15NO3S. The molecule has 0 atom stereocenters. The zero-order valence-electron chi connectivity index (χ0n) is 9.36. The molecule has 0 aromatic heterocycles. The normalized spacial score (nSPS) is 11.1. The van der Waals surface area contributed by atoms with Gasteiger partial charge < -0.3 is 0 Å². The molecule has 0 aliphatic heterocycles. The Balaban J connectivity index is 2.87. The maximum atomic E-state index is 11.3. The van der Waals surface area contributed by atoms with E-state index in [9.17, 15) is 13.2 Å². The summed E-state index contributed by atoms with van der Waals surface area (Å²) in [4.78, 5) is 10.9. The Hall–Kier alpha value is -1.36. The monoisotopic (exact) mass is 241 g/mol. The first kappa shape index (κ1) is 12.7. The van der Waals surface area contributed by atoms with Crippen molar-refractivity contribution in [1.82, 2.24) is 0 Å². The first-order valence-corrected chi connectivity index (χ1v) is 6.67. The van der Waals surface area contributed by atoms with Gasteiger partial charge in [-0.25, -0.2) is 8.42 Å². The van der Waals surface area contributed by atoms with Gasteiger partial charge in [0.1, 0.15) is 5.78 Å². The Morgan fingerprint density at radius 1 is 1.38 bits per heavy atom. The number of hydrogen-bond acceptors (Lipinski definition) is 3. The summed E-state index contributed by atoms with van der Waals surface area (Å²) in [6.07, 6.45) is 0.321. The fraction of sp³-hybridized carbons (Fsp3) is 0.364. The molecule has 88 valence electrons. The van der Waals surface area contributed by atoms with Gasteiger partial charge in [0.25, 0.3) is 0 Å². The van der Waals surface area contributed by atoms with Crippen LogP contribution in [-0.4, -0.2) is 20.0 Å². The van der Waals surface area contributed by atoms with Crippen molar-refractivity contribution in [3.63, 3.8) is 0 Å². The predicted octanol–water partition coefficient (Wildman–Crippen LogP) is 1.58. The second kappa shape index (κ2) is 5.12. The summed E-state index contributed by atoms with van der Waals surface area (Å²) in [6.45, 7) is 3.07. The highest BCUT2D eigenvalue weighted by molar-refractivity contribution is 7.92. The first-order valence-electron chi connectivity index (χ1n) is 5.02. The number of sulfonamides is 1. The summed E-state index contributed by atoms with van der Waals surface area (Å²) >= 11 is 0. The number of anilines is 1. The molecule has 0 aliphatic carbocycles. The lowest BCUT2D eigenvalue weighted by molar-refractivity contribution is -0.116. The number of carbonyl (C=O) groups excluding carboxylic acids is 1. The molecule has 1 aromatic rings. The van der Waals surface area contributed by atoms with Crippen molar-refractivity contribution >= 4 is 21.5 Å². The molecule has 0 fully saturated rings. The van der Waals surface area contributed by atoms with Crippen LogP contribution < -0.4 is 4.72 Å². The molecule has 16 heavy (non-hydrogen) atoms. The van der Waals surface area contributed by atoms with E-state index in [1.165, 1.54) is 6.92 Å². The molecule has 0 saturated carbocycles. The Morgan fingerprint density at radius 2 is 2.06 bits per heavy atom. The minimum absolute atomic E-state index is 0.0317. The van der Waals surface area contributed by atoms with E-state index >= 15 is 0 Å². The SMILES string of the molecule is CCS(=O)(=O)Nc1cccc(CC(C)=O)c1. The zero-order chi connectivity index (χ0) is 12.2. The fourth-order valence-corrected chi connectivity index (χ4v) is 1.91. The van der Waals surface area contributed by atoms with E-state index in [1.807, 2.05) is 0 Å². The van der Waals surface area contributed by atoms with Gasteiger partial charge in [-0.2, -0.15) is 0 Å². The van der Waals surface area contributed by atoms with Crippen LogP contribution in [0.2, 0.25) is 0 Å². The third-order valence-corrected chi connectivity index (χ3v) is 3.34. The van der Waals surface area contributed by atoms with Crippen LogP contribution >= 0.6 is 0 Å². The summed E-state index contributed by atoms with van der Waals surface area (Å²) < 4.78 is 25.1. The Labute approximate surface area is 95.7 Å². The van der Waals surface area contributed by atoms with E-state index in [0.717, 1.165) is 5.56 Å². The molecule has 0 aliphatic rings. The quantitative estimate of drug-likeness (QED) is 0.851. The van der Waals surface area contributed by atoms with Crippen LogP contribution in [-0.2, 0) is 21.2 Å². The summed E-state index contributed by atoms with van der Waals surface area (Å²) in [6, 6.07) is 6.86. The first-order chi connectivity index (χ1) is 7.43. The van der Waals surface area contributed by atoms with Crippen molar-refractivity contribution < 1.29 is 13.2 Å². The minimum atomic E-state index is -3.25. The van der Waals surface area contributed by atoms with Gasteiger partial charge in [-0.1, -0.05) is 12.1 Å². The minimum Gasteiger partial charge on any atom is -0.300 e. The van der Waals surface area contributed by atoms with Crippen LogP contribution in [0.1, 0.15) is 19.4 Å². The lowest BCUT2D eigenvalue weighted by Crippen LogP contribution is -2.14. The van der Waals surface area contributed by atoms with Crippen LogP contribution in [0, 0.1) is 0 Å². The Morgan fingerprint density at radius 3 is 2.62 bits per heavy atom. The van der Waals surface area contributed by atoms with E-state index < -0.39 is 10.0 Å². The van der Waals surface area contributed by atoms with Crippen LogP contribution in [0.15, 0.2) is 24.3 Å². The number of carbonyl (C=O) groups is 1. The molecule has 0 unspecified atom stereocenters. The fourth-order valence-electron chi connectivity index (χ4n) is 1.28. The maximum Gasteiger partial charge on any atom is 0.232 e. The molecule has 0 saturated heterocycles. The average molecular weight is 241 g/mol. The third kappa shape index (κ3) is 4.02. The zero-order valence-corrected chi connectivity index (χ0v) is 10.2. The van der Waals surface area contributed by atoms with Crippen LogP contribution in [0.25, 0.3) is 0 Å². The van der Waals surface area contributed by atoms with Gasteiger partial charge in [-0.3, -0.25) is 9.52 Å². The molecular weight excluding hydrogens is 226 g/mol. The molecule has 0 spiro atoms. The average Bonchev–Trinajstić information content (AvgIpc) is 2.16. The van der Waals surface area contributed by atoms with Crippen molar-refractivity contribution in [2.75, 3.05) is 10.5 Å². The predicted molar refractivity (Wildman–Crippen MR) is 63.9 cm³/mol. The third-order valence-electron chi connectivity index (χ3n) is 2.03. The van der Waals surface area contributed by atoms with Crippen LogP contribution in [0.5, 0.6) is 0 Å². The lowest BCUT2D eigenvalue weighted by atomic mass is 10.1. The largest absolute Gasteiger partial charge is 0.300 e. The molecule has 5 heteroatoms. The van der Waals surface area contributed by atoms with Gasteiger partial charge in [-0.15, -0.1) is 0 Å². The molecule has 0 radical (unpaired) electrons. The van der Waals surface area contributed by atoms with Gasteiger partial charge >= 0.3 is 0 Å². The number of nitrogens with one attached hydrogen (secondary N) is 1. The summed E-state index contributed by atoms with van der Waals surface area (Å²) in [5.41, 5.74) is 1.31. The standard InChI is InChI=1S/C11H15NO3S/c1-3-16(14,15)12-11-6-4-5-10(8-11)7-9(2)13/h4-6,8,12H,3,7H2,1-2H3. The second-order valence-electron chi connectivity index (χ2n) is 3.58. The van der Waals surface area contributed by atoms with Crippen molar-refractivity contribution in [2.24, 2.45) is 0 Å². The van der Waals surface area contributed by atoms with E-state index in [1.54, 1.807) is 31.2 Å². The topological polar surface area (TPSA) is 63.2 Å². The van der Waals surface area contributed by atoms with Gasteiger partial charge in [-0.05, 0) is 31.5 Å².